The third kappa shape index (κ3) is 4.91. The topological polar surface area (TPSA) is 69.9 Å². The summed E-state index contributed by atoms with van der Waals surface area (Å²) in [6, 6.07) is 13.4. The minimum Gasteiger partial charge on any atom is -0.493 e. The van der Waals surface area contributed by atoms with Crippen LogP contribution in [0.3, 0.4) is 0 Å². The maximum absolute atomic E-state index is 13.5. The lowest BCUT2D eigenvalue weighted by Crippen LogP contribution is -2.09. The van der Waals surface area contributed by atoms with Gasteiger partial charge in [0.2, 0.25) is 5.91 Å². The van der Waals surface area contributed by atoms with Gasteiger partial charge in [-0.05, 0) is 68.3 Å². The molecule has 186 valence electrons. The lowest BCUT2D eigenvalue weighted by Gasteiger charge is -2.15. The Balaban J connectivity index is 1.80. The van der Waals surface area contributed by atoms with E-state index in [1.807, 2.05) is 45.0 Å². The van der Waals surface area contributed by atoms with Gasteiger partial charge in [0.05, 0.1) is 27.1 Å². The maximum atomic E-state index is 13.5. The van der Waals surface area contributed by atoms with Crippen LogP contribution in [-0.2, 0) is 4.79 Å². The third-order valence-corrected chi connectivity index (χ3v) is 5.89. The molecular formula is C29H28FNO5. The molecular weight excluding hydrogens is 461 g/mol. The number of carbonyl (C=O) groups excluding carboxylic acids is 1. The van der Waals surface area contributed by atoms with Crippen LogP contribution in [0.15, 0.2) is 65.3 Å². The van der Waals surface area contributed by atoms with E-state index in [-0.39, 0.29) is 5.91 Å². The van der Waals surface area contributed by atoms with Crippen molar-refractivity contribution in [2.45, 2.75) is 20.8 Å². The molecule has 1 heterocycles. The quantitative estimate of drug-likeness (QED) is 0.270. The molecule has 0 spiro atoms. The van der Waals surface area contributed by atoms with E-state index in [0.29, 0.717) is 40.7 Å². The maximum Gasteiger partial charge on any atom is 0.248 e. The number of benzene rings is 3. The first-order chi connectivity index (χ1) is 17.4. The second-order valence-electron chi connectivity index (χ2n) is 8.23. The number of amides is 1. The lowest BCUT2D eigenvalue weighted by molar-refractivity contribution is -0.111. The van der Waals surface area contributed by atoms with E-state index < -0.39 is 5.82 Å². The SMILES string of the molecule is CCOc1c(/C(C)=C/C(=O)Nc2cccc(F)c2)cc2c(-c3ccc(OC)c(OC)c3)coc2c1C. The van der Waals surface area contributed by atoms with Crippen LogP contribution in [0.25, 0.3) is 27.7 Å². The summed E-state index contributed by atoms with van der Waals surface area (Å²) in [7, 11) is 3.18. The van der Waals surface area contributed by atoms with Crippen molar-refractivity contribution in [3.05, 3.63) is 77.8 Å². The molecule has 0 saturated heterocycles. The summed E-state index contributed by atoms with van der Waals surface area (Å²) in [6.07, 6.45) is 3.18. The van der Waals surface area contributed by atoms with Crippen LogP contribution >= 0.6 is 0 Å². The number of anilines is 1. The monoisotopic (exact) mass is 489 g/mol. The zero-order valence-electron chi connectivity index (χ0n) is 20.9. The molecule has 0 aliphatic heterocycles. The van der Waals surface area contributed by atoms with Gasteiger partial charge < -0.3 is 23.9 Å². The molecule has 3 aromatic carbocycles. The number of hydrogen-bond donors (Lipinski definition) is 1. The molecule has 1 amide bonds. The number of ether oxygens (including phenoxy) is 3. The molecule has 0 unspecified atom stereocenters. The highest BCUT2D eigenvalue weighted by Gasteiger charge is 2.20. The molecule has 0 bridgehead atoms. The fraction of sp³-hybridized carbons (Fsp3) is 0.207. The van der Waals surface area contributed by atoms with Gasteiger partial charge in [-0.1, -0.05) is 12.1 Å². The van der Waals surface area contributed by atoms with Crippen LogP contribution in [0, 0.1) is 12.7 Å². The van der Waals surface area contributed by atoms with Crippen molar-refractivity contribution in [3.63, 3.8) is 0 Å². The number of furan rings is 1. The lowest BCUT2D eigenvalue weighted by atomic mass is 9.96. The van der Waals surface area contributed by atoms with E-state index in [9.17, 15) is 9.18 Å². The van der Waals surface area contributed by atoms with Crippen LogP contribution in [0.2, 0.25) is 0 Å². The molecule has 0 fully saturated rings. The Morgan fingerprint density at radius 1 is 1.08 bits per heavy atom. The first-order valence-corrected chi connectivity index (χ1v) is 11.5. The number of allylic oxidation sites excluding steroid dienone is 1. The molecule has 1 N–H and O–H groups in total. The van der Waals surface area contributed by atoms with E-state index >= 15 is 0 Å². The van der Waals surface area contributed by atoms with Crippen molar-refractivity contribution in [1.29, 1.82) is 0 Å². The van der Waals surface area contributed by atoms with Gasteiger partial charge in [0, 0.05) is 33.8 Å². The number of carbonyl (C=O) groups is 1. The Kier molecular flexibility index (Phi) is 7.29. The number of methoxy groups -OCH3 is 2. The summed E-state index contributed by atoms with van der Waals surface area (Å²) < 4.78 is 36.3. The average Bonchev–Trinajstić information content (AvgIpc) is 3.29. The van der Waals surface area contributed by atoms with Crippen molar-refractivity contribution in [1.82, 2.24) is 0 Å². The fourth-order valence-corrected chi connectivity index (χ4v) is 4.19. The van der Waals surface area contributed by atoms with Gasteiger partial charge in [-0.15, -0.1) is 0 Å². The largest absolute Gasteiger partial charge is 0.493 e. The number of fused-ring (bicyclic) bond motifs is 1. The number of nitrogens with one attached hydrogen (secondary N) is 1. The Morgan fingerprint density at radius 3 is 2.56 bits per heavy atom. The van der Waals surface area contributed by atoms with Crippen molar-refractivity contribution < 1.29 is 27.8 Å². The van der Waals surface area contributed by atoms with Crippen molar-refractivity contribution >= 4 is 28.1 Å². The second-order valence-corrected chi connectivity index (χ2v) is 8.23. The standard InChI is InChI=1S/C29H28FNO5/c1-6-35-28-18(3)29-23(24(16-36-29)19-10-11-25(33-4)26(13-19)34-5)15-22(28)17(2)12-27(32)31-21-9-7-8-20(30)14-21/h7-16H,6H2,1-5H3,(H,31,32)/b17-12+. The summed E-state index contributed by atoms with van der Waals surface area (Å²) in [5.41, 5.74) is 5.13. The van der Waals surface area contributed by atoms with Crippen LogP contribution in [0.4, 0.5) is 10.1 Å². The molecule has 0 aliphatic rings. The molecule has 36 heavy (non-hydrogen) atoms. The number of aryl methyl sites for hydroxylation is 1. The summed E-state index contributed by atoms with van der Waals surface area (Å²) in [4.78, 5) is 12.7. The molecule has 4 aromatic rings. The summed E-state index contributed by atoms with van der Waals surface area (Å²) in [5, 5.41) is 3.57. The van der Waals surface area contributed by atoms with Gasteiger partial charge in [-0.3, -0.25) is 4.79 Å². The highest BCUT2D eigenvalue weighted by atomic mass is 19.1. The number of halogens is 1. The zero-order valence-corrected chi connectivity index (χ0v) is 20.9. The molecule has 4 rings (SSSR count). The van der Waals surface area contributed by atoms with Crippen molar-refractivity contribution in [2.24, 2.45) is 0 Å². The van der Waals surface area contributed by atoms with Gasteiger partial charge in [0.15, 0.2) is 11.5 Å². The first kappa shape index (κ1) is 24.9. The van der Waals surface area contributed by atoms with Gasteiger partial charge >= 0.3 is 0 Å². The molecule has 0 saturated carbocycles. The Labute approximate surface area is 209 Å². The van der Waals surface area contributed by atoms with Crippen molar-refractivity contribution in [2.75, 3.05) is 26.1 Å². The predicted molar refractivity (Wildman–Crippen MR) is 139 cm³/mol. The summed E-state index contributed by atoms with van der Waals surface area (Å²) in [6.45, 7) is 6.12. The molecule has 0 atom stereocenters. The number of hydrogen-bond acceptors (Lipinski definition) is 5. The average molecular weight is 490 g/mol. The van der Waals surface area contributed by atoms with E-state index in [0.717, 1.165) is 27.6 Å². The molecule has 0 aliphatic carbocycles. The highest BCUT2D eigenvalue weighted by Crippen LogP contribution is 2.42. The Hall–Kier alpha value is -4.26. The van der Waals surface area contributed by atoms with E-state index in [4.69, 9.17) is 18.6 Å². The smallest absolute Gasteiger partial charge is 0.248 e. The third-order valence-electron chi connectivity index (χ3n) is 5.89. The molecule has 7 heteroatoms. The van der Waals surface area contributed by atoms with Crippen LogP contribution in [0.1, 0.15) is 25.0 Å². The predicted octanol–water partition coefficient (Wildman–Crippen LogP) is 7.01. The van der Waals surface area contributed by atoms with Gasteiger partial charge in [0.25, 0.3) is 0 Å². The zero-order chi connectivity index (χ0) is 25.8. The van der Waals surface area contributed by atoms with Crippen LogP contribution in [0.5, 0.6) is 17.2 Å². The molecule has 1 aromatic heterocycles. The minimum absolute atomic E-state index is 0.370. The first-order valence-electron chi connectivity index (χ1n) is 11.5. The highest BCUT2D eigenvalue weighted by molar-refractivity contribution is 6.06. The molecule has 6 nitrogen and oxygen atoms in total. The Morgan fingerprint density at radius 2 is 1.86 bits per heavy atom. The van der Waals surface area contributed by atoms with E-state index in [1.54, 1.807) is 32.6 Å². The second kappa shape index (κ2) is 10.6. The molecule has 0 radical (unpaired) electrons. The van der Waals surface area contributed by atoms with Crippen LogP contribution < -0.4 is 19.5 Å². The van der Waals surface area contributed by atoms with Gasteiger partial charge in [-0.2, -0.15) is 0 Å². The fourth-order valence-electron chi connectivity index (χ4n) is 4.19. The van der Waals surface area contributed by atoms with Gasteiger partial charge in [-0.25, -0.2) is 4.39 Å². The van der Waals surface area contributed by atoms with Gasteiger partial charge in [0.1, 0.15) is 17.1 Å². The summed E-state index contributed by atoms with van der Waals surface area (Å²) >= 11 is 0. The minimum atomic E-state index is -0.421. The Bertz CT molecular complexity index is 1450. The van der Waals surface area contributed by atoms with E-state index in [2.05, 4.69) is 5.32 Å². The number of rotatable bonds is 8. The van der Waals surface area contributed by atoms with Crippen molar-refractivity contribution in [3.8, 4) is 28.4 Å². The normalized spacial score (nSPS) is 11.4. The summed E-state index contributed by atoms with van der Waals surface area (Å²) in [5.74, 6) is 1.09. The van der Waals surface area contributed by atoms with E-state index in [1.165, 1.54) is 18.2 Å². The van der Waals surface area contributed by atoms with Crippen LogP contribution in [-0.4, -0.2) is 26.7 Å².